The summed E-state index contributed by atoms with van der Waals surface area (Å²) in [6.07, 6.45) is 3.04. The van der Waals surface area contributed by atoms with Crippen molar-refractivity contribution in [1.29, 1.82) is 0 Å². The lowest BCUT2D eigenvalue weighted by molar-refractivity contribution is 0.467. The summed E-state index contributed by atoms with van der Waals surface area (Å²) in [4.78, 5) is 1.51. The fourth-order valence-corrected chi connectivity index (χ4v) is 2.47. The van der Waals surface area contributed by atoms with Gasteiger partial charge in [-0.05, 0) is 48.2 Å². The van der Waals surface area contributed by atoms with Crippen LogP contribution in [0.4, 0.5) is 0 Å². The van der Waals surface area contributed by atoms with Gasteiger partial charge in [0, 0.05) is 0 Å². The molecule has 0 saturated carbocycles. The molecule has 0 bridgehead atoms. The summed E-state index contributed by atoms with van der Waals surface area (Å²) in [6, 6.07) is 11.8. The topological polar surface area (TPSA) is 50.9 Å². The van der Waals surface area contributed by atoms with Crippen LogP contribution in [0.1, 0.15) is 31.4 Å². The van der Waals surface area contributed by atoms with E-state index < -0.39 is 0 Å². The van der Waals surface area contributed by atoms with E-state index in [1.54, 1.807) is 6.07 Å². The number of rotatable bonds is 4. The first kappa shape index (κ1) is 13.6. The molecular formula is C17H19N3O. The van der Waals surface area contributed by atoms with Gasteiger partial charge in [-0.15, -0.1) is 15.0 Å². The smallest absolute Gasteiger partial charge is 0.143 e. The van der Waals surface area contributed by atoms with Crippen LogP contribution in [0.5, 0.6) is 5.75 Å². The van der Waals surface area contributed by atoms with Crippen LogP contribution >= 0.6 is 0 Å². The third-order valence-corrected chi connectivity index (χ3v) is 3.65. The van der Waals surface area contributed by atoms with E-state index in [1.807, 2.05) is 18.2 Å². The standard InChI is InChI=1S/C17H19N3O/c1-3-5-13-6-8-14-15(10-13)19-20(18-14)16-9-7-12(4-2)11-17(16)21/h6-11,21H,3-5H2,1-2H3. The molecule has 4 nitrogen and oxygen atoms in total. The highest BCUT2D eigenvalue weighted by molar-refractivity contribution is 5.74. The lowest BCUT2D eigenvalue weighted by Gasteiger charge is -2.04. The van der Waals surface area contributed by atoms with Crippen LogP contribution in [0.2, 0.25) is 0 Å². The van der Waals surface area contributed by atoms with Crippen LogP contribution in [0, 0.1) is 0 Å². The number of hydrogen-bond acceptors (Lipinski definition) is 3. The molecule has 3 aromatic rings. The third-order valence-electron chi connectivity index (χ3n) is 3.65. The van der Waals surface area contributed by atoms with Crippen LogP contribution in [-0.4, -0.2) is 20.1 Å². The maximum absolute atomic E-state index is 10.1. The third kappa shape index (κ3) is 2.61. The van der Waals surface area contributed by atoms with Crippen molar-refractivity contribution in [3.8, 4) is 11.4 Å². The minimum Gasteiger partial charge on any atom is -0.506 e. The van der Waals surface area contributed by atoms with Crippen molar-refractivity contribution in [3.63, 3.8) is 0 Å². The highest BCUT2D eigenvalue weighted by Gasteiger charge is 2.09. The van der Waals surface area contributed by atoms with Crippen molar-refractivity contribution in [2.24, 2.45) is 0 Å². The number of aryl methyl sites for hydroxylation is 2. The van der Waals surface area contributed by atoms with Crippen molar-refractivity contribution in [1.82, 2.24) is 15.0 Å². The van der Waals surface area contributed by atoms with E-state index in [0.717, 1.165) is 35.9 Å². The number of hydrogen-bond donors (Lipinski definition) is 1. The summed E-state index contributed by atoms with van der Waals surface area (Å²) < 4.78 is 0. The van der Waals surface area contributed by atoms with E-state index >= 15 is 0 Å². The first-order valence-corrected chi connectivity index (χ1v) is 7.39. The molecule has 0 unspecified atom stereocenters. The van der Waals surface area contributed by atoms with Crippen LogP contribution in [0.3, 0.4) is 0 Å². The van der Waals surface area contributed by atoms with Crippen LogP contribution in [0.15, 0.2) is 36.4 Å². The Kier molecular flexibility index (Phi) is 3.60. The zero-order valence-electron chi connectivity index (χ0n) is 12.4. The van der Waals surface area contributed by atoms with E-state index in [2.05, 4.69) is 36.2 Å². The number of aromatic hydroxyl groups is 1. The number of aromatic nitrogens is 3. The molecule has 1 aromatic heterocycles. The van der Waals surface area contributed by atoms with Crippen molar-refractivity contribution in [2.75, 3.05) is 0 Å². The molecule has 21 heavy (non-hydrogen) atoms. The van der Waals surface area contributed by atoms with Crippen LogP contribution < -0.4 is 0 Å². The number of benzene rings is 2. The number of phenols is 1. The Balaban J connectivity index is 2.04. The first-order valence-electron chi connectivity index (χ1n) is 7.39. The van der Waals surface area contributed by atoms with Crippen LogP contribution in [0.25, 0.3) is 16.7 Å². The zero-order valence-corrected chi connectivity index (χ0v) is 12.4. The zero-order chi connectivity index (χ0) is 14.8. The second-order valence-corrected chi connectivity index (χ2v) is 5.24. The van der Waals surface area contributed by atoms with Gasteiger partial charge in [0.05, 0.1) is 0 Å². The Morgan fingerprint density at radius 1 is 0.952 bits per heavy atom. The monoisotopic (exact) mass is 281 g/mol. The van der Waals surface area contributed by atoms with Crippen LogP contribution in [-0.2, 0) is 12.8 Å². The SMILES string of the molecule is CCCc1ccc2nn(-c3ccc(CC)cc3O)nc2c1. The minimum absolute atomic E-state index is 0.212. The Hall–Kier alpha value is -2.36. The van der Waals surface area contributed by atoms with Gasteiger partial charge in [0.25, 0.3) is 0 Å². The molecule has 4 heteroatoms. The highest BCUT2D eigenvalue weighted by atomic mass is 16.3. The molecule has 0 aliphatic carbocycles. The molecule has 0 aliphatic rings. The van der Waals surface area contributed by atoms with Gasteiger partial charge in [0.2, 0.25) is 0 Å². The molecule has 0 fully saturated rings. The van der Waals surface area contributed by atoms with Crippen molar-refractivity contribution in [2.45, 2.75) is 33.1 Å². The molecule has 1 N–H and O–H groups in total. The average Bonchev–Trinajstić information content (AvgIpc) is 2.90. The molecule has 0 radical (unpaired) electrons. The summed E-state index contributed by atoms with van der Waals surface area (Å²) in [5.41, 5.74) is 4.68. The number of fused-ring (bicyclic) bond motifs is 1. The molecule has 0 amide bonds. The quantitative estimate of drug-likeness (QED) is 0.794. The molecule has 0 saturated heterocycles. The second kappa shape index (κ2) is 5.56. The fourth-order valence-electron chi connectivity index (χ4n) is 2.47. The Morgan fingerprint density at radius 3 is 2.43 bits per heavy atom. The van der Waals surface area contributed by atoms with Gasteiger partial charge < -0.3 is 5.11 Å². The molecule has 3 rings (SSSR count). The lowest BCUT2D eigenvalue weighted by Crippen LogP contribution is -1.99. The average molecular weight is 281 g/mol. The molecular weight excluding hydrogens is 262 g/mol. The summed E-state index contributed by atoms with van der Waals surface area (Å²) in [5, 5.41) is 19.1. The summed E-state index contributed by atoms with van der Waals surface area (Å²) in [7, 11) is 0. The highest BCUT2D eigenvalue weighted by Crippen LogP contribution is 2.23. The Morgan fingerprint density at radius 2 is 1.71 bits per heavy atom. The minimum atomic E-state index is 0.212. The molecule has 1 heterocycles. The maximum atomic E-state index is 10.1. The lowest BCUT2D eigenvalue weighted by atomic mass is 10.1. The first-order chi connectivity index (χ1) is 10.2. The van der Waals surface area contributed by atoms with Gasteiger partial charge in [0.15, 0.2) is 0 Å². The Bertz CT molecular complexity index is 777. The van der Waals surface area contributed by atoms with E-state index in [1.165, 1.54) is 10.4 Å². The number of nitrogens with zero attached hydrogens (tertiary/aromatic N) is 3. The summed E-state index contributed by atoms with van der Waals surface area (Å²) >= 11 is 0. The van der Waals surface area contributed by atoms with Gasteiger partial charge in [-0.25, -0.2) is 0 Å². The predicted octanol–water partition coefficient (Wildman–Crippen LogP) is 3.64. The molecule has 0 atom stereocenters. The molecule has 108 valence electrons. The number of phenolic OH excluding ortho intramolecular Hbond substituents is 1. The van der Waals surface area contributed by atoms with E-state index in [-0.39, 0.29) is 5.75 Å². The second-order valence-electron chi connectivity index (χ2n) is 5.24. The molecule has 2 aromatic carbocycles. The molecule has 0 spiro atoms. The van der Waals surface area contributed by atoms with E-state index in [4.69, 9.17) is 0 Å². The van der Waals surface area contributed by atoms with Crippen molar-refractivity contribution < 1.29 is 5.11 Å². The van der Waals surface area contributed by atoms with Gasteiger partial charge in [-0.3, -0.25) is 0 Å². The summed E-state index contributed by atoms with van der Waals surface area (Å²) in [5.74, 6) is 0.212. The maximum Gasteiger partial charge on any atom is 0.143 e. The Labute approximate surface area is 124 Å². The molecule has 0 aliphatic heterocycles. The van der Waals surface area contributed by atoms with Crippen molar-refractivity contribution >= 4 is 11.0 Å². The van der Waals surface area contributed by atoms with Gasteiger partial charge >= 0.3 is 0 Å². The normalized spacial score (nSPS) is 11.1. The van der Waals surface area contributed by atoms with Gasteiger partial charge in [-0.2, -0.15) is 0 Å². The fraction of sp³-hybridized carbons (Fsp3) is 0.294. The summed E-state index contributed by atoms with van der Waals surface area (Å²) in [6.45, 7) is 4.22. The van der Waals surface area contributed by atoms with E-state index in [9.17, 15) is 5.11 Å². The van der Waals surface area contributed by atoms with Gasteiger partial charge in [0.1, 0.15) is 22.5 Å². The van der Waals surface area contributed by atoms with Gasteiger partial charge in [-0.1, -0.05) is 32.4 Å². The van der Waals surface area contributed by atoms with Crippen molar-refractivity contribution in [3.05, 3.63) is 47.5 Å². The largest absolute Gasteiger partial charge is 0.506 e. The van der Waals surface area contributed by atoms with E-state index in [0.29, 0.717) is 5.69 Å². The predicted molar refractivity (Wildman–Crippen MR) is 83.9 cm³/mol.